The Bertz CT molecular complexity index is 563. The summed E-state index contributed by atoms with van der Waals surface area (Å²) >= 11 is 0. The molecule has 1 fully saturated rings. The van der Waals surface area contributed by atoms with Crippen molar-refractivity contribution in [2.45, 2.75) is 51.7 Å². The van der Waals surface area contributed by atoms with Gasteiger partial charge in [0, 0.05) is 37.8 Å². The van der Waals surface area contributed by atoms with Gasteiger partial charge in [0.1, 0.15) is 0 Å². The number of amides is 1. The molecule has 1 saturated heterocycles. The first kappa shape index (κ1) is 19.7. The van der Waals surface area contributed by atoms with Gasteiger partial charge in [0.05, 0.1) is 0 Å². The maximum atomic E-state index is 11.4. The molecule has 5 heteroatoms. The molecule has 1 aliphatic heterocycles. The minimum Gasteiger partial charge on any atom is -0.465 e. The maximum Gasteiger partial charge on any atom is 0.407 e. The second-order valence-electron chi connectivity index (χ2n) is 8.31. The summed E-state index contributed by atoms with van der Waals surface area (Å²) in [5.41, 5.74) is 2.14. The van der Waals surface area contributed by atoms with E-state index in [1.54, 1.807) is 0 Å². The van der Waals surface area contributed by atoms with Crippen LogP contribution in [0.25, 0.3) is 0 Å². The standard InChI is InChI=1S/C20H33N3O2/c1-20(2,3)23(19(24)25)13-10-16-6-8-17(9-7-16)14-22-12-11-18(15-22)21(4)5/h6-9,18H,10-15H2,1-5H3,(H,24,25). The van der Waals surface area contributed by atoms with Crippen LogP contribution in [0, 0.1) is 0 Å². The van der Waals surface area contributed by atoms with Gasteiger partial charge in [-0.05, 0) is 58.8 Å². The molecule has 5 nitrogen and oxygen atoms in total. The van der Waals surface area contributed by atoms with Gasteiger partial charge in [-0.3, -0.25) is 4.90 Å². The highest BCUT2D eigenvalue weighted by molar-refractivity contribution is 5.66. The number of likely N-dealkylation sites (tertiary alicyclic amines) is 1. The third-order valence-electron chi connectivity index (χ3n) is 5.07. The Morgan fingerprint density at radius 3 is 2.28 bits per heavy atom. The van der Waals surface area contributed by atoms with Gasteiger partial charge in [-0.25, -0.2) is 4.79 Å². The van der Waals surface area contributed by atoms with E-state index >= 15 is 0 Å². The van der Waals surface area contributed by atoms with Gasteiger partial charge >= 0.3 is 6.09 Å². The number of carboxylic acid groups (broad SMARTS) is 1. The van der Waals surface area contributed by atoms with Crippen molar-refractivity contribution >= 4 is 6.09 Å². The summed E-state index contributed by atoms with van der Waals surface area (Å²) < 4.78 is 0. The van der Waals surface area contributed by atoms with Crippen LogP contribution in [0.2, 0.25) is 0 Å². The summed E-state index contributed by atoms with van der Waals surface area (Å²) in [5, 5.41) is 9.37. The lowest BCUT2D eigenvalue weighted by molar-refractivity contribution is 0.101. The van der Waals surface area contributed by atoms with Crippen LogP contribution in [0.15, 0.2) is 24.3 Å². The van der Waals surface area contributed by atoms with Crippen molar-refractivity contribution in [3.63, 3.8) is 0 Å². The van der Waals surface area contributed by atoms with Crippen molar-refractivity contribution in [3.8, 4) is 0 Å². The van der Waals surface area contributed by atoms with Crippen molar-refractivity contribution in [1.29, 1.82) is 0 Å². The number of benzene rings is 1. The highest BCUT2D eigenvalue weighted by atomic mass is 16.4. The Morgan fingerprint density at radius 1 is 1.20 bits per heavy atom. The summed E-state index contributed by atoms with van der Waals surface area (Å²) in [7, 11) is 4.31. The molecule has 25 heavy (non-hydrogen) atoms. The molecule has 0 aliphatic carbocycles. The van der Waals surface area contributed by atoms with E-state index in [0.29, 0.717) is 12.6 Å². The highest BCUT2D eigenvalue weighted by Gasteiger charge is 2.26. The molecule has 2 rings (SSSR count). The van der Waals surface area contributed by atoms with Crippen LogP contribution in [0.5, 0.6) is 0 Å². The number of hydrogen-bond acceptors (Lipinski definition) is 3. The average molecular weight is 348 g/mol. The van der Waals surface area contributed by atoms with E-state index in [0.717, 1.165) is 26.1 Å². The second kappa shape index (κ2) is 8.19. The summed E-state index contributed by atoms with van der Waals surface area (Å²) in [5.74, 6) is 0. The Morgan fingerprint density at radius 2 is 1.80 bits per heavy atom. The van der Waals surface area contributed by atoms with E-state index in [9.17, 15) is 9.90 Å². The quantitative estimate of drug-likeness (QED) is 0.859. The van der Waals surface area contributed by atoms with E-state index < -0.39 is 6.09 Å². The summed E-state index contributed by atoms with van der Waals surface area (Å²) in [6.07, 6.45) is 1.13. The van der Waals surface area contributed by atoms with E-state index in [2.05, 4.69) is 48.2 Å². The van der Waals surface area contributed by atoms with Crippen LogP contribution >= 0.6 is 0 Å². The van der Waals surface area contributed by atoms with Crippen LogP contribution in [-0.4, -0.2) is 71.2 Å². The maximum absolute atomic E-state index is 11.4. The van der Waals surface area contributed by atoms with E-state index in [1.807, 2.05) is 20.8 Å². The Balaban J connectivity index is 1.87. The van der Waals surface area contributed by atoms with Gasteiger partial charge in [-0.2, -0.15) is 0 Å². The fourth-order valence-electron chi connectivity index (χ4n) is 3.41. The van der Waals surface area contributed by atoms with Crippen molar-refractivity contribution < 1.29 is 9.90 Å². The second-order valence-corrected chi connectivity index (χ2v) is 8.31. The molecule has 1 aromatic rings. The molecule has 0 spiro atoms. The normalized spacial score (nSPS) is 18.7. The smallest absolute Gasteiger partial charge is 0.407 e. The molecule has 1 heterocycles. The van der Waals surface area contributed by atoms with Crippen molar-refractivity contribution in [2.75, 3.05) is 33.7 Å². The zero-order valence-corrected chi connectivity index (χ0v) is 16.3. The molecule has 1 unspecified atom stereocenters. The first-order chi connectivity index (χ1) is 11.7. The van der Waals surface area contributed by atoms with E-state index in [4.69, 9.17) is 0 Å². The van der Waals surface area contributed by atoms with Crippen LogP contribution < -0.4 is 0 Å². The largest absolute Gasteiger partial charge is 0.465 e. The Kier molecular flexibility index (Phi) is 6.47. The van der Waals surface area contributed by atoms with Gasteiger partial charge in [0.25, 0.3) is 0 Å². The molecule has 1 atom stereocenters. The van der Waals surface area contributed by atoms with Gasteiger partial charge in [0.15, 0.2) is 0 Å². The molecule has 1 N–H and O–H groups in total. The first-order valence-corrected chi connectivity index (χ1v) is 9.14. The van der Waals surface area contributed by atoms with Crippen molar-refractivity contribution in [2.24, 2.45) is 0 Å². The summed E-state index contributed by atoms with van der Waals surface area (Å²) in [4.78, 5) is 17.7. The number of rotatable bonds is 6. The van der Waals surface area contributed by atoms with E-state index in [1.165, 1.54) is 22.4 Å². The SMILES string of the molecule is CN(C)C1CCN(Cc2ccc(CCN(C(=O)O)C(C)(C)C)cc2)C1. The van der Waals surface area contributed by atoms with E-state index in [-0.39, 0.29) is 5.54 Å². The molecule has 0 bridgehead atoms. The van der Waals surface area contributed by atoms with Gasteiger partial charge in [-0.15, -0.1) is 0 Å². The third kappa shape index (κ3) is 5.72. The highest BCUT2D eigenvalue weighted by Crippen LogP contribution is 2.18. The lowest BCUT2D eigenvalue weighted by atomic mass is 10.0. The third-order valence-corrected chi connectivity index (χ3v) is 5.07. The molecule has 0 saturated carbocycles. The predicted molar refractivity (Wildman–Crippen MR) is 102 cm³/mol. The molecule has 0 radical (unpaired) electrons. The fourth-order valence-corrected chi connectivity index (χ4v) is 3.41. The monoisotopic (exact) mass is 347 g/mol. The molecule has 140 valence electrons. The van der Waals surface area contributed by atoms with Crippen LogP contribution in [0.1, 0.15) is 38.3 Å². The van der Waals surface area contributed by atoms with Crippen LogP contribution in [0.4, 0.5) is 4.79 Å². The molecular weight excluding hydrogens is 314 g/mol. The average Bonchev–Trinajstić information content (AvgIpc) is 2.96. The lowest BCUT2D eigenvalue weighted by Crippen LogP contribution is -2.45. The first-order valence-electron chi connectivity index (χ1n) is 9.14. The van der Waals surface area contributed by atoms with Crippen molar-refractivity contribution in [1.82, 2.24) is 14.7 Å². The fraction of sp³-hybridized carbons (Fsp3) is 0.650. The lowest BCUT2D eigenvalue weighted by Gasteiger charge is -2.33. The molecule has 1 aromatic carbocycles. The predicted octanol–water partition coefficient (Wildman–Crippen LogP) is 3.14. The van der Waals surface area contributed by atoms with Crippen molar-refractivity contribution in [3.05, 3.63) is 35.4 Å². The number of nitrogens with zero attached hydrogens (tertiary/aromatic N) is 3. The topological polar surface area (TPSA) is 47.0 Å². The minimum absolute atomic E-state index is 0.371. The van der Waals surface area contributed by atoms with Crippen LogP contribution in [0.3, 0.4) is 0 Å². The van der Waals surface area contributed by atoms with Crippen LogP contribution in [-0.2, 0) is 13.0 Å². The Labute approximate surface area is 152 Å². The number of hydrogen-bond donors (Lipinski definition) is 1. The van der Waals surface area contributed by atoms with Gasteiger partial charge in [-0.1, -0.05) is 24.3 Å². The summed E-state index contributed by atoms with van der Waals surface area (Å²) in [6, 6.07) is 9.30. The minimum atomic E-state index is -0.853. The number of likely N-dealkylation sites (N-methyl/N-ethyl adjacent to an activating group) is 1. The number of carbonyl (C=O) groups is 1. The zero-order chi connectivity index (χ0) is 18.6. The molecule has 0 aromatic heterocycles. The van der Waals surface area contributed by atoms with Gasteiger partial charge < -0.3 is 14.9 Å². The van der Waals surface area contributed by atoms with Gasteiger partial charge in [0.2, 0.25) is 0 Å². The molecule has 1 amide bonds. The molecule has 1 aliphatic rings. The molecular formula is C20H33N3O2. The summed E-state index contributed by atoms with van der Waals surface area (Å²) in [6.45, 7) is 9.60. The Hall–Kier alpha value is -1.59. The zero-order valence-electron chi connectivity index (χ0n) is 16.3.